The number of carbonyl (C=O) groups excluding carboxylic acids is 1. The number of amides is 1. The molecule has 4 rings (SSSR count). The molecule has 194 valence electrons. The quantitative estimate of drug-likeness (QED) is 0.352. The summed E-state index contributed by atoms with van der Waals surface area (Å²) >= 11 is 6.33. The molecule has 1 aliphatic rings. The van der Waals surface area contributed by atoms with Gasteiger partial charge in [-0.05, 0) is 67.4 Å². The van der Waals surface area contributed by atoms with Crippen LogP contribution in [0.5, 0.6) is 0 Å². The third kappa shape index (κ3) is 8.45. The zero-order chi connectivity index (χ0) is 26.5. The number of anilines is 2. The number of carbonyl (C=O) groups is 1. The van der Waals surface area contributed by atoms with Gasteiger partial charge in [0.2, 0.25) is 0 Å². The summed E-state index contributed by atoms with van der Waals surface area (Å²) < 4.78 is 13.8. The summed E-state index contributed by atoms with van der Waals surface area (Å²) in [4.78, 5) is 17.1. The van der Waals surface area contributed by atoms with Crippen LogP contribution in [0.3, 0.4) is 0 Å². The van der Waals surface area contributed by atoms with Crippen molar-refractivity contribution in [1.29, 1.82) is 0 Å². The molecule has 2 aromatic carbocycles. The highest BCUT2D eigenvalue weighted by Crippen LogP contribution is 2.30. The Morgan fingerprint density at radius 3 is 2.28 bits per heavy atom. The van der Waals surface area contributed by atoms with Gasteiger partial charge in [0.1, 0.15) is 11.0 Å². The second-order valence-corrected chi connectivity index (χ2v) is 10.2. The Morgan fingerprint density at radius 1 is 1.06 bits per heavy atom. The predicted molar refractivity (Wildman–Crippen MR) is 155 cm³/mol. The average molecular weight is 528 g/mol. The van der Waals surface area contributed by atoms with Gasteiger partial charge in [0.15, 0.2) is 0 Å². The second kappa shape index (κ2) is 15.4. The maximum atomic E-state index is 12.7. The molecule has 0 radical (unpaired) electrons. The van der Waals surface area contributed by atoms with Gasteiger partial charge in [0.05, 0.1) is 10.7 Å². The fourth-order valence-corrected chi connectivity index (χ4v) is 5.05. The lowest BCUT2D eigenvalue weighted by atomic mass is 10.1. The molecule has 36 heavy (non-hydrogen) atoms. The normalized spacial score (nSPS) is 14.3. The fourth-order valence-electron chi connectivity index (χ4n) is 3.55. The maximum absolute atomic E-state index is 12.7. The highest BCUT2D eigenvalue weighted by molar-refractivity contribution is 7.86. The average Bonchev–Trinajstić information content (AvgIpc) is 3.33. The van der Waals surface area contributed by atoms with E-state index in [9.17, 15) is 9.00 Å². The Labute approximate surface area is 223 Å². The summed E-state index contributed by atoms with van der Waals surface area (Å²) in [6.07, 6.45) is 6.78. The zero-order valence-corrected chi connectivity index (χ0v) is 23.6. The number of hydrogen-bond acceptors (Lipinski definition) is 3. The minimum Gasteiger partial charge on any atom is -0.322 e. The summed E-state index contributed by atoms with van der Waals surface area (Å²) in [5.74, 6) is 0.473. The third-order valence-corrected chi connectivity index (χ3v) is 7.31. The van der Waals surface area contributed by atoms with E-state index in [1.54, 1.807) is 30.5 Å². The Bertz CT molecular complexity index is 1120. The number of nitrogens with one attached hydrogen (secondary N) is 1. The molecule has 0 saturated carbocycles. The smallest absolute Gasteiger partial charge is 0.255 e. The molecule has 1 aliphatic heterocycles. The van der Waals surface area contributed by atoms with Crippen molar-refractivity contribution >= 4 is 39.9 Å². The SMILES string of the molecule is CC.CCCCC.Cc1ccc(-c2cc(NC(=O)c3ccc(N4CCCS4=O)cc3)ccc2Cl)nc1. The summed E-state index contributed by atoms with van der Waals surface area (Å²) in [6.45, 7) is 11.2. The lowest BCUT2D eigenvalue weighted by Gasteiger charge is -2.16. The number of nitrogens with zero attached hydrogens (tertiary/aromatic N) is 2. The minimum atomic E-state index is -0.971. The van der Waals surface area contributed by atoms with Crippen molar-refractivity contribution in [3.63, 3.8) is 0 Å². The first kappa shape index (κ1) is 29.5. The molecule has 1 aromatic heterocycles. The van der Waals surface area contributed by atoms with Crippen molar-refractivity contribution in [1.82, 2.24) is 4.98 Å². The zero-order valence-electron chi connectivity index (χ0n) is 22.0. The first-order valence-corrected chi connectivity index (χ1v) is 14.4. The van der Waals surface area contributed by atoms with Crippen LogP contribution in [0.4, 0.5) is 11.4 Å². The van der Waals surface area contributed by atoms with Gasteiger partial charge in [-0.3, -0.25) is 14.1 Å². The first-order chi connectivity index (χ1) is 17.4. The van der Waals surface area contributed by atoms with Crippen molar-refractivity contribution in [2.45, 2.75) is 60.3 Å². The number of hydrogen-bond donors (Lipinski definition) is 1. The number of unbranched alkanes of at least 4 members (excludes halogenated alkanes) is 2. The van der Waals surface area contributed by atoms with Crippen LogP contribution in [0.1, 0.15) is 69.3 Å². The topological polar surface area (TPSA) is 62.3 Å². The van der Waals surface area contributed by atoms with E-state index in [4.69, 9.17) is 11.6 Å². The van der Waals surface area contributed by atoms with Crippen molar-refractivity contribution in [2.75, 3.05) is 21.9 Å². The van der Waals surface area contributed by atoms with Gasteiger partial charge >= 0.3 is 0 Å². The van der Waals surface area contributed by atoms with Crippen molar-refractivity contribution in [2.24, 2.45) is 0 Å². The van der Waals surface area contributed by atoms with E-state index in [0.29, 0.717) is 22.0 Å². The van der Waals surface area contributed by atoms with Crippen molar-refractivity contribution < 1.29 is 9.00 Å². The minimum absolute atomic E-state index is 0.218. The number of rotatable bonds is 6. The Balaban J connectivity index is 0.000000583. The molecule has 1 saturated heterocycles. The van der Waals surface area contributed by atoms with E-state index in [1.807, 2.05) is 55.4 Å². The van der Waals surface area contributed by atoms with Crippen molar-refractivity contribution in [3.05, 3.63) is 76.9 Å². The number of benzene rings is 2. The lowest BCUT2D eigenvalue weighted by molar-refractivity contribution is 0.102. The summed E-state index contributed by atoms with van der Waals surface area (Å²) in [6, 6.07) is 16.4. The van der Waals surface area contributed by atoms with E-state index in [1.165, 1.54) is 19.3 Å². The fraction of sp³-hybridized carbons (Fsp3) is 0.379. The molecule has 7 heteroatoms. The van der Waals surface area contributed by atoms with Crippen LogP contribution in [0.2, 0.25) is 5.02 Å². The molecular formula is C29H38ClN3O2S. The molecular weight excluding hydrogens is 490 g/mol. The Hall–Kier alpha value is -2.70. The van der Waals surface area contributed by atoms with Crippen LogP contribution >= 0.6 is 11.6 Å². The van der Waals surface area contributed by atoms with Crippen LogP contribution < -0.4 is 9.62 Å². The van der Waals surface area contributed by atoms with E-state index in [2.05, 4.69) is 24.1 Å². The van der Waals surface area contributed by atoms with Gasteiger partial charge in [-0.15, -0.1) is 0 Å². The lowest BCUT2D eigenvalue weighted by Crippen LogP contribution is -2.19. The van der Waals surface area contributed by atoms with Gasteiger partial charge < -0.3 is 5.32 Å². The van der Waals surface area contributed by atoms with Crippen LogP contribution in [0.25, 0.3) is 11.3 Å². The summed E-state index contributed by atoms with van der Waals surface area (Å²) in [7, 11) is -0.971. The van der Waals surface area contributed by atoms with E-state index in [-0.39, 0.29) is 5.91 Å². The van der Waals surface area contributed by atoms with Crippen molar-refractivity contribution in [3.8, 4) is 11.3 Å². The molecule has 1 atom stereocenters. The number of halogens is 1. The number of pyridine rings is 1. The predicted octanol–water partition coefficient (Wildman–Crippen LogP) is 8.06. The molecule has 1 amide bonds. The monoisotopic (exact) mass is 527 g/mol. The molecule has 0 spiro atoms. The number of aryl methyl sites for hydroxylation is 1. The third-order valence-electron chi connectivity index (χ3n) is 5.46. The molecule has 0 aliphatic carbocycles. The highest BCUT2D eigenvalue weighted by atomic mass is 35.5. The standard InChI is InChI=1S/C22H20ClN3O2S.C5H12.C2H6/c1-15-3-10-21(24-14-15)19-13-17(6-9-20(19)23)25-22(27)16-4-7-18(8-5-16)26-11-2-12-29(26)28;1-3-5-4-2;1-2/h3-10,13-14H,2,11-12H2,1H3,(H,25,27);3-5H2,1-2H3;1-2H3. The molecule has 1 unspecified atom stereocenters. The maximum Gasteiger partial charge on any atom is 0.255 e. The molecule has 5 nitrogen and oxygen atoms in total. The molecule has 1 N–H and O–H groups in total. The second-order valence-electron chi connectivity index (χ2n) is 8.25. The summed E-state index contributed by atoms with van der Waals surface area (Å²) in [5, 5.41) is 3.48. The molecule has 3 aromatic rings. The number of aromatic nitrogens is 1. The molecule has 0 bridgehead atoms. The largest absolute Gasteiger partial charge is 0.322 e. The van der Waals surface area contributed by atoms with E-state index >= 15 is 0 Å². The van der Waals surface area contributed by atoms with Gasteiger partial charge in [0, 0.05) is 41.0 Å². The van der Waals surface area contributed by atoms with E-state index in [0.717, 1.165) is 35.5 Å². The Kier molecular flexibility index (Phi) is 12.6. The highest BCUT2D eigenvalue weighted by Gasteiger charge is 2.20. The van der Waals surface area contributed by atoms with Crippen LogP contribution in [-0.2, 0) is 11.0 Å². The van der Waals surface area contributed by atoms with Crippen LogP contribution in [0.15, 0.2) is 60.8 Å². The van der Waals surface area contributed by atoms with Gasteiger partial charge in [-0.25, -0.2) is 4.21 Å². The first-order valence-electron chi connectivity index (χ1n) is 12.7. The molecule has 2 heterocycles. The van der Waals surface area contributed by atoms with Gasteiger partial charge in [0.25, 0.3) is 5.91 Å². The van der Waals surface area contributed by atoms with Gasteiger partial charge in [-0.1, -0.05) is 64.6 Å². The Morgan fingerprint density at radius 2 is 1.75 bits per heavy atom. The van der Waals surface area contributed by atoms with Gasteiger partial charge in [-0.2, -0.15) is 0 Å². The van der Waals surface area contributed by atoms with E-state index < -0.39 is 11.0 Å². The van der Waals surface area contributed by atoms with Crippen LogP contribution in [0, 0.1) is 6.92 Å². The molecule has 1 fully saturated rings. The van der Waals surface area contributed by atoms with Crippen LogP contribution in [-0.4, -0.2) is 27.4 Å². The summed E-state index contributed by atoms with van der Waals surface area (Å²) in [5.41, 5.74) is 4.62.